The summed E-state index contributed by atoms with van der Waals surface area (Å²) in [5, 5.41) is 7.66. The van der Waals surface area contributed by atoms with Crippen molar-refractivity contribution in [3.05, 3.63) is 152 Å². The van der Waals surface area contributed by atoms with Crippen molar-refractivity contribution >= 4 is 70.1 Å². The maximum absolute atomic E-state index is 2.38. The van der Waals surface area contributed by atoms with Crippen molar-refractivity contribution in [2.45, 2.75) is 0 Å². The summed E-state index contributed by atoms with van der Waals surface area (Å²) < 4.78 is 2.66. The lowest BCUT2D eigenvalue weighted by Gasteiger charge is -2.27. The van der Waals surface area contributed by atoms with Crippen LogP contribution in [0.25, 0.3) is 52.8 Å². The average molecular weight is 528 g/mol. The first-order valence-electron chi connectivity index (χ1n) is 13.6. The van der Waals surface area contributed by atoms with Gasteiger partial charge >= 0.3 is 0 Å². The van der Waals surface area contributed by atoms with Crippen LogP contribution in [0.3, 0.4) is 0 Å². The van der Waals surface area contributed by atoms with Crippen LogP contribution in [0.5, 0.6) is 0 Å². The van der Waals surface area contributed by atoms with Gasteiger partial charge in [0, 0.05) is 37.2 Å². The molecule has 1 nitrogen and oxygen atoms in total. The van der Waals surface area contributed by atoms with E-state index in [1.165, 1.54) is 52.8 Å². The Kier molecular flexibility index (Phi) is 5.39. The Morgan fingerprint density at radius 2 is 1.00 bits per heavy atom. The van der Waals surface area contributed by atoms with Crippen molar-refractivity contribution in [1.29, 1.82) is 0 Å². The van der Waals surface area contributed by atoms with Crippen LogP contribution in [0.2, 0.25) is 0 Å². The number of thiophene rings is 1. The number of fused-ring (bicyclic) bond motifs is 5. The van der Waals surface area contributed by atoms with E-state index in [9.17, 15) is 0 Å². The number of benzene rings is 7. The lowest BCUT2D eigenvalue weighted by Crippen LogP contribution is -2.10. The minimum absolute atomic E-state index is 1.14. The second-order valence-electron chi connectivity index (χ2n) is 10.3. The minimum Gasteiger partial charge on any atom is -0.310 e. The molecule has 0 aliphatic rings. The van der Waals surface area contributed by atoms with E-state index in [1.54, 1.807) is 0 Å². The molecule has 40 heavy (non-hydrogen) atoms. The molecule has 0 amide bonds. The van der Waals surface area contributed by atoms with Crippen molar-refractivity contribution in [2.75, 3.05) is 4.90 Å². The summed E-state index contributed by atoms with van der Waals surface area (Å²) in [4.78, 5) is 2.38. The van der Waals surface area contributed by atoms with Crippen molar-refractivity contribution in [2.24, 2.45) is 0 Å². The standard InChI is InChI=1S/C38H25NS/c1-2-9-26(10-3-1)29-13-8-14-32(21-29)39(33-19-17-27-11-4-5-12-28(27)22-33)34-20-18-30-24-36-35-15-6-7-16-37(35)40-38(36)25-31(30)23-34/h1-25H. The van der Waals surface area contributed by atoms with E-state index in [-0.39, 0.29) is 0 Å². The lowest BCUT2D eigenvalue weighted by atomic mass is 10.0. The van der Waals surface area contributed by atoms with Gasteiger partial charge in [0.2, 0.25) is 0 Å². The van der Waals surface area contributed by atoms with Crippen LogP contribution in [-0.4, -0.2) is 0 Å². The summed E-state index contributed by atoms with van der Waals surface area (Å²) in [5.74, 6) is 0. The highest BCUT2D eigenvalue weighted by molar-refractivity contribution is 7.25. The molecule has 0 bridgehead atoms. The molecule has 0 aliphatic heterocycles. The van der Waals surface area contributed by atoms with Gasteiger partial charge in [0.15, 0.2) is 0 Å². The van der Waals surface area contributed by atoms with Crippen molar-refractivity contribution < 1.29 is 0 Å². The van der Waals surface area contributed by atoms with Gasteiger partial charge in [-0.1, -0.05) is 97.1 Å². The van der Waals surface area contributed by atoms with E-state index < -0.39 is 0 Å². The largest absolute Gasteiger partial charge is 0.310 e. The topological polar surface area (TPSA) is 3.24 Å². The fraction of sp³-hybridized carbons (Fsp3) is 0. The highest BCUT2D eigenvalue weighted by atomic mass is 32.1. The summed E-state index contributed by atoms with van der Waals surface area (Å²) in [6, 6.07) is 55.1. The van der Waals surface area contributed by atoms with Gasteiger partial charge in [0.1, 0.15) is 0 Å². The van der Waals surface area contributed by atoms with Crippen LogP contribution in [0, 0.1) is 0 Å². The molecular weight excluding hydrogens is 502 g/mol. The Hall–Kier alpha value is -4.92. The fourth-order valence-corrected chi connectivity index (χ4v) is 6.95. The van der Waals surface area contributed by atoms with Gasteiger partial charge in [-0.15, -0.1) is 11.3 Å². The molecule has 0 aliphatic carbocycles. The predicted molar refractivity (Wildman–Crippen MR) is 174 cm³/mol. The Bertz CT molecular complexity index is 2170. The molecule has 0 spiro atoms. The summed E-state index contributed by atoms with van der Waals surface area (Å²) in [6.45, 7) is 0. The molecule has 0 saturated carbocycles. The number of rotatable bonds is 4. The molecule has 0 N–H and O–H groups in total. The van der Waals surface area contributed by atoms with Gasteiger partial charge in [0.25, 0.3) is 0 Å². The molecule has 2 heteroatoms. The quantitative estimate of drug-likeness (QED) is 0.220. The monoisotopic (exact) mass is 527 g/mol. The molecule has 8 aromatic rings. The van der Waals surface area contributed by atoms with Crippen molar-refractivity contribution in [3.63, 3.8) is 0 Å². The first-order chi connectivity index (χ1) is 19.8. The molecule has 188 valence electrons. The Labute approximate surface area is 237 Å². The van der Waals surface area contributed by atoms with E-state index >= 15 is 0 Å². The summed E-state index contributed by atoms with van der Waals surface area (Å²) in [7, 11) is 0. The fourth-order valence-electron chi connectivity index (χ4n) is 5.81. The van der Waals surface area contributed by atoms with E-state index in [1.807, 2.05) is 11.3 Å². The van der Waals surface area contributed by atoms with Gasteiger partial charge in [-0.3, -0.25) is 0 Å². The molecule has 1 aromatic heterocycles. The van der Waals surface area contributed by atoms with Gasteiger partial charge in [-0.2, -0.15) is 0 Å². The van der Waals surface area contributed by atoms with Crippen LogP contribution >= 0.6 is 11.3 Å². The molecule has 7 aromatic carbocycles. The molecule has 8 rings (SSSR count). The van der Waals surface area contributed by atoms with E-state index in [0.29, 0.717) is 0 Å². The van der Waals surface area contributed by atoms with Crippen LogP contribution in [0.1, 0.15) is 0 Å². The first kappa shape index (κ1) is 23.0. The van der Waals surface area contributed by atoms with E-state index in [2.05, 4.69) is 157 Å². The summed E-state index contributed by atoms with van der Waals surface area (Å²) >= 11 is 1.87. The smallest absolute Gasteiger partial charge is 0.0468 e. The Morgan fingerprint density at radius 1 is 0.350 bits per heavy atom. The number of nitrogens with zero attached hydrogens (tertiary/aromatic N) is 1. The second kappa shape index (κ2) is 9.37. The van der Waals surface area contributed by atoms with Gasteiger partial charge in [-0.05, 0) is 87.3 Å². The zero-order valence-electron chi connectivity index (χ0n) is 21.8. The van der Waals surface area contributed by atoms with Gasteiger partial charge in [0.05, 0.1) is 0 Å². The van der Waals surface area contributed by atoms with Crippen LogP contribution in [-0.2, 0) is 0 Å². The molecule has 1 heterocycles. The lowest BCUT2D eigenvalue weighted by molar-refractivity contribution is 1.29. The highest BCUT2D eigenvalue weighted by Gasteiger charge is 2.15. The van der Waals surface area contributed by atoms with Crippen molar-refractivity contribution in [3.8, 4) is 11.1 Å². The summed E-state index contributed by atoms with van der Waals surface area (Å²) in [5.41, 5.74) is 5.85. The Balaban J connectivity index is 1.33. The third-order valence-corrected chi connectivity index (χ3v) is 8.91. The van der Waals surface area contributed by atoms with Crippen LogP contribution in [0.4, 0.5) is 17.1 Å². The predicted octanol–water partition coefficient (Wildman–Crippen LogP) is 11.5. The third-order valence-electron chi connectivity index (χ3n) is 7.78. The van der Waals surface area contributed by atoms with Crippen LogP contribution < -0.4 is 4.90 Å². The normalized spacial score (nSPS) is 11.5. The van der Waals surface area contributed by atoms with Crippen LogP contribution in [0.15, 0.2) is 152 Å². The molecule has 0 atom stereocenters. The minimum atomic E-state index is 1.14. The van der Waals surface area contributed by atoms with E-state index in [0.717, 1.165) is 17.1 Å². The maximum atomic E-state index is 2.38. The highest BCUT2D eigenvalue weighted by Crippen LogP contribution is 2.41. The van der Waals surface area contributed by atoms with Gasteiger partial charge in [-0.25, -0.2) is 0 Å². The maximum Gasteiger partial charge on any atom is 0.0468 e. The number of anilines is 3. The number of hydrogen-bond donors (Lipinski definition) is 0. The SMILES string of the molecule is c1ccc(-c2cccc(N(c3ccc4ccccc4c3)c3ccc4cc5c(cc4c3)sc3ccccc35)c2)cc1. The zero-order valence-corrected chi connectivity index (χ0v) is 22.6. The molecule has 0 radical (unpaired) electrons. The average Bonchev–Trinajstić information content (AvgIpc) is 3.38. The molecule has 0 unspecified atom stereocenters. The zero-order chi connectivity index (χ0) is 26.5. The molecular formula is C38H25NS. The Morgan fingerprint density at radius 3 is 1.88 bits per heavy atom. The van der Waals surface area contributed by atoms with Crippen molar-refractivity contribution in [1.82, 2.24) is 0 Å². The van der Waals surface area contributed by atoms with E-state index in [4.69, 9.17) is 0 Å². The molecule has 0 fully saturated rings. The van der Waals surface area contributed by atoms with Gasteiger partial charge < -0.3 is 4.90 Å². The molecule has 0 saturated heterocycles. The number of hydrogen-bond acceptors (Lipinski definition) is 2. The summed E-state index contributed by atoms with van der Waals surface area (Å²) in [6.07, 6.45) is 0. The first-order valence-corrected chi connectivity index (χ1v) is 14.4. The second-order valence-corrected chi connectivity index (χ2v) is 11.3. The third kappa shape index (κ3) is 3.93.